The minimum atomic E-state index is -0.0623. The summed E-state index contributed by atoms with van der Waals surface area (Å²) in [6.45, 7) is 2.26. The van der Waals surface area contributed by atoms with Crippen LogP contribution >= 0.6 is 35.6 Å². The predicted octanol–water partition coefficient (Wildman–Crippen LogP) is 3.02. The van der Waals surface area contributed by atoms with Crippen molar-refractivity contribution in [2.45, 2.75) is 18.9 Å². The van der Waals surface area contributed by atoms with Crippen LogP contribution in [0.15, 0.2) is 18.2 Å². The fourth-order valence-corrected chi connectivity index (χ4v) is 3.85. The van der Waals surface area contributed by atoms with Crippen molar-refractivity contribution in [3.05, 3.63) is 28.2 Å². The number of carbonyl (C=O) groups is 1. The second kappa shape index (κ2) is 7.37. The highest BCUT2D eigenvalue weighted by molar-refractivity contribution is 6.35. The zero-order valence-electron chi connectivity index (χ0n) is 12.1. The molecule has 3 N–H and O–H groups in total. The first kappa shape index (κ1) is 17.8. The summed E-state index contributed by atoms with van der Waals surface area (Å²) in [7, 11) is 0. The van der Waals surface area contributed by atoms with Crippen LogP contribution in [0.2, 0.25) is 10.0 Å². The molecule has 2 fully saturated rings. The zero-order valence-corrected chi connectivity index (χ0v) is 14.4. The van der Waals surface area contributed by atoms with Gasteiger partial charge in [0.2, 0.25) is 5.91 Å². The van der Waals surface area contributed by atoms with E-state index < -0.39 is 0 Å². The summed E-state index contributed by atoms with van der Waals surface area (Å²) in [6, 6.07) is 5.34. The fourth-order valence-electron chi connectivity index (χ4n) is 3.51. The van der Waals surface area contributed by atoms with Gasteiger partial charge in [0.15, 0.2) is 0 Å². The number of anilines is 1. The molecule has 3 unspecified atom stereocenters. The number of carbonyl (C=O) groups excluding carboxylic acids is 1. The molecule has 0 bridgehead atoms. The standard InChI is InChI=1S/C15H19Cl2N3O.ClH/c16-10-2-3-12(17)14(5-10)19-15(21)8-20-6-9-1-4-13(18)11(9)7-20;/h2-3,5,9,11,13H,1,4,6-8,18H2,(H,19,21);1H. The summed E-state index contributed by atoms with van der Waals surface area (Å²) in [5.74, 6) is 1.14. The molecular weight excluding hydrogens is 345 g/mol. The highest BCUT2D eigenvalue weighted by Crippen LogP contribution is 2.37. The van der Waals surface area contributed by atoms with Gasteiger partial charge < -0.3 is 11.1 Å². The lowest BCUT2D eigenvalue weighted by atomic mass is 9.98. The molecule has 22 heavy (non-hydrogen) atoms. The largest absolute Gasteiger partial charge is 0.327 e. The number of nitrogens with zero attached hydrogens (tertiary/aromatic N) is 1. The number of nitrogens with one attached hydrogen (secondary N) is 1. The molecule has 4 nitrogen and oxygen atoms in total. The van der Waals surface area contributed by atoms with E-state index >= 15 is 0 Å². The molecule has 1 saturated carbocycles. The number of likely N-dealkylation sites (tertiary alicyclic amines) is 1. The molecule has 0 radical (unpaired) electrons. The van der Waals surface area contributed by atoms with Crippen molar-refractivity contribution >= 4 is 47.2 Å². The fraction of sp³-hybridized carbons (Fsp3) is 0.533. The van der Waals surface area contributed by atoms with Gasteiger partial charge in [-0.3, -0.25) is 9.69 Å². The van der Waals surface area contributed by atoms with Gasteiger partial charge in [-0.15, -0.1) is 12.4 Å². The van der Waals surface area contributed by atoms with Crippen LogP contribution in [-0.4, -0.2) is 36.5 Å². The molecule has 2 aliphatic rings. The first-order valence-corrected chi connectivity index (χ1v) is 8.01. The monoisotopic (exact) mass is 363 g/mol. The molecule has 0 spiro atoms. The molecule has 3 atom stereocenters. The van der Waals surface area contributed by atoms with E-state index in [0.29, 0.717) is 40.2 Å². The molecule has 1 aromatic carbocycles. The van der Waals surface area contributed by atoms with Crippen molar-refractivity contribution in [3.8, 4) is 0 Å². The van der Waals surface area contributed by atoms with Crippen LogP contribution in [0.1, 0.15) is 12.8 Å². The predicted molar refractivity (Wildman–Crippen MR) is 93.0 cm³/mol. The van der Waals surface area contributed by atoms with E-state index in [1.165, 1.54) is 6.42 Å². The summed E-state index contributed by atoms with van der Waals surface area (Å²) < 4.78 is 0. The van der Waals surface area contributed by atoms with E-state index in [2.05, 4.69) is 10.2 Å². The van der Waals surface area contributed by atoms with Crippen LogP contribution in [0.5, 0.6) is 0 Å². The second-order valence-electron chi connectivity index (χ2n) is 6.03. The van der Waals surface area contributed by atoms with E-state index in [4.69, 9.17) is 28.9 Å². The molecule has 3 rings (SSSR count). The van der Waals surface area contributed by atoms with Crippen LogP contribution < -0.4 is 11.1 Å². The summed E-state index contributed by atoms with van der Waals surface area (Å²) in [6.07, 6.45) is 2.30. The average molecular weight is 365 g/mol. The molecule has 1 aromatic rings. The Balaban J connectivity index is 0.00000176. The molecule has 122 valence electrons. The van der Waals surface area contributed by atoms with Crippen molar-refractivity contribution in [2.24, 2.45) is 17.6 Å². The summed E-state index contributed by atoms with van der Waals surface area (Å²) in [5.41, 5.74) is 6.67. The number of rotatable bonds is 3. The number of fused-ring (bicyclic) bond motifs is 1. The summed E-state index contributed by atoms with van der Waals surface area (Å²) in [4.78, 5) is 14.3. The number of hydrogen-bond acceptors (Lipinski definition) is 3. The maximum Gasteiger partial charge on any atom is 0.238 e. The molecule has 1 saturated heterocycles. The molecule has 1 amide bonds. The van der Waals surface area contributed by atoms with E-state index in [-0.39, 0.29) is 18.3 Å². The zero-order chi connectivity index (χ0) is 15.0. The molecule has 0 aromatic heterocycles. The Bertz CT molecular complexity index is 555. The summed E-state index contributed by atoms with van der Waals surface area (Å²) in [5, 5.41) is 3.87. The Labute approximate surface area is 146 Å². The molecule has 7 heteroatoms. The third-order valence-corrected chi connectivity index (χ3v) is 5.12. The van der Waals surface area contributed by atoms with Crippen LogP contribution in [-0.2, 0) is 4.79 Å². The minimum absolute atomic E-state index is 0. The number of amides is 1. The van der Waals surface area contributed by atoms with Gasteiger partial charge in [0.1, 0.15) is 0 Å². The van der Waals surface area contributed by atoms with E-state index in [1.807, 2.05) is 0 Å². The normalized spacial score (nSPS) is 27.3. The first-order chi connectivity index (χ1) is 10.0. The van der Waals surface area contributed by atoms with E-state index in [0.717, 1.165) is 19.5 Å². The van der Waals surface area contributed by atoms with Gasteiger partial charge in [-0.25, -0.2) is 0 Å². The Hall–Kier alpha value is -0.520. The van der Waals surface area contributed by atoms with E-state index in [9.17, 15) is 4.79 Å². The second-order valence-corrected chi connectivity index (χ2v) is 6.88. The number of benzene rings is 1. The van der Waals surface area contributed by atoms with Crippen molar-refractivity contribution in [1.29, 1.82) is 0 Å². The van der Waals surface area contributed by atoms with Crippen LogP contribution in [0, 0.1) is 11.8 Å². The maximum absolute atomic E-state index is 12.1. The maximum atomic E-state index is 12.1. The van der Waals surface area contributed by atoms with Gasteiger partial charge in [0.05, 0.1) is 17.3 Å². The lowest BCUT2D eigenvalue weighted by molar-refractivity contribution is -0.117. The van der Waals surface area contributed by atoms with E-state index in [1.54, 1.807) is 18.2 Å². The van der Waals surface area contributed by atoms with Gasteiger partial charge in [-0.05, 0) is 42.9 Å². The number of nitrogens with two attached hydrogens (primary N) is 1. The Morgan fingerprint density at radius 3 is 2.82 bits per heavy atom. The van der Waals surface area contributed by atoms with Gasteiger partial charge in [0.25, 0.3) is 0 Å². The van der Waals surface area contributed by atoms with Crippen molar-refractivity contribution in [1.82, 2.24) is 4.90 Å². The highest BCUT2D eigenvalue weighted by Gasteiger charge is 2.41. The van der Waals surface area contributed by atoms with Gasteiger partial charge in [-0.1, -0.05) is 23.2 Å². The lowest BCUT2D eigenvalue weighted by Gasteiger charge is -2.18. The quantitative estimate of drug-likeness (QED) is 0.867. The Kier molecular flexibility index (Phi) is 5.97. The highest BCUT2D eigenvalue weighted by atomic mass is 35.5. The smallest absolute Gasteiger partial charge is 0.238 e. The first-order valence-electron chi connectivity index (χ1n) is 7.26. The van der Waals surface area contributed by atoms with Crippen molar-refractivity contribution < 1.29 is 4.79 Å². The van der Waals surface area contributed by atoms with Gasteiger partial charge in [0, 0.05) is 24.2 Å². The SMILES string of the molecule is Cl.NC1CCC2CN(CC(=O)Nc3cc(Cl)ccc3Cl)CC12. The van der Waals surface area contributed by atoms with Gasteiger partial charge in [-0.2, -0.15) is 0 Å². The molecule has 1 aliphatic carbocycles. The van der Waals surface area contributed by atoms with Crippen molar-refractivity contribution in [3.63, 3.8) is 0 Å². The Morgan fingerprint density at radius 1 is 1.32 bits per heavy atom. The minimum Gasteiger partial charge on any atom is -0.327 e. The van der Waals surface area contributed by atoms with Crippen LogP contribution in [0.3, 0.4) is 0 Å². The van der Waals surface area contributed by atoms with Gasteiger partial charge >= 0.3 is 0 Å². The Morgan fingerprint density at radius 2 is 2.09 bits per heavy atom. The molecule has 1 aliphatic heterocycles. The third-order valence-electron chi connectivity index (χ3n) is 4.56. The molecular formula is C15H20Cl3N3O. The van der Waals surface area contributed by atoms with Crippen molar-refractivity contribution in [2.75, 3.05) is 25.0 Å². The lowest BCUT2D eigenvalue weighted by Crippen LogP contribution is -2.34. The number of hydrogen-bond donors (Lipinski definition) is 2. The topological polar surface area (TPSA) is 58.4 Å². The molecule has 1 heterocycles. The average Bonchev–Trinajstić information content (AvgIpc) is 2.96. The number of halogens is 3. The summed E-state index contributed by atoms with van der Waals surface area (Å²) >= 11 is 12.0. The van der Waals surface area contributed by atoms with Crippen LogP contribution in [0.4, 0.5) is 5.69 Å². The van der Waals surface area contributed by atoms with Crippen LogP contribution in [0.25, 0.3) is 0 Å². The third kappa shape index (κ3) is 3.87.